The minimum atomic E-state index is -4.74. The third-order valence-electron chi connectivity index (χ3n) is 3.83. The smallest absolute Gasteiger partial charge is 0.481 e. The van der Waals surface area contributed by atoms with Crippen LogP contribution in [0.1, 0.15) is 15.9 Å². The minimum absolute atomic E-state index is 0.122. The Hall–Kier alpha value is -3.33. The van der Waals surface area contributed by atoms with Gasteiger partial charge >= 0.3 is 12.3 Å². The molecule has 0 spiro atoms. The number of halogens is 3. The van der Waals surface area contributed by atoms with E-state index in [0.29, 0.717) is 21.7 Å². The Morgan fingerprint density at radius 3 is 2.24 bits per heavy atom. The Morgan fingerprint density at radius 2 is 1.66 bits per heavy atom. The van der Waals surface area contributed by atoms with Crippen LogP contribution in [0.15, 0.2) is 60.0 Å². The molecule has 9 heteroatoms. The van der Waals surface area contributed by atoms with Crippen LogP contribution in [0, 0.1) is 0 Å². The van der Waals surface area contributed by atoms with E-state index in [4.69, 9.17) is 5.11 Å². The molecule has 0 aliphatic heterocycles. The average Bonchev–Trinajstić information content (AvgIpc) is 3.09. The summed E-state index contributed by atoms with van der Waals surface area (Å²) in [5, 5.41) is 13.8. The number of nitrogens with one attached hydrogen (secondary N) is 1. The molecule has 0 aliphatic rings. The van der Waals surface area contributed by atoms with Gasteiger partial charge in [-0.25, -0.2) is 0 Å². The van der Waals surface area contributed by atoms with Gasteiger partial charge in [0.1, 0.15) is 5.75 Å². The van der Waals surface area contributed by atoms with Gasteiger partial charge in [-0.15, -0.1) is 24.5 Å². The van der Waals surface area contributed by atoms with Crippen molar-refractivity contribution < 1.29 is 32.6 Å². The SMILES string of the molecule is O=C(O)Cc1ccc(C(=O)Nc2cc(-c3ccc(OC(F)(F)F)cc3)cs2)cc1. The molecule has 1 aromatic heterocycles. The summed E-state index contributed by atoms with van der Waals surface area (Å²) in [6, 6.07) is 13.4. The summed E-state index contributed by atoms with van der Waals surface area (Å²) in [7, 11) is 0. The summed E-state index contributed by atoms with van der Waals surface area (Å²) in [5.41, 5.74) is 2.38. The van der Waals surface area contributed by atoms with Crippen molar-refractivity contribution in [2.75, 3.05) is 5.32 Å². The molecule has 0 aliphatic carbocycles. The summed E-state index contributed by atoms with van der Waals surface area (Å²) in [6.07, 6.45) is -4.86. The van der Waals surface area contributed by atoms with Crippen molar-refractivity contribution in [3.05, 3.63) is 71.1 Å². The number of carboxylic acid groups (broad SMARTS) is 1. The second-order valence-electron chi connectivity index (χ2n) is 5.99. The van der Waals surface area contributed by atoms with Gasteiger partial charge in [0, 0.05) is 10.9 Å². The van der Waals surface area contributed by atoms with E-state index in [9.17, 15) is 22.8 Å². The van der Waals surface area contributed by atoms with E-state index in [1.807, 2.05) is 0 Å². The molecule has 29 heavy (non-hydrogen) atoms. The number of rotatable bonds is 6. The molecule has 5 nitrogen and oxygen atoms in total. The van der Waals surface area contributed by atoms with Gasteiger partial charge in [0.2, 0.25) is 0 Å². The van der Waals surface area contributed by atoms with E-state index in [2.05, 4.69) is 10.1 Å². The van der Waals surface area contributed by atoms with Crippen LogP contribution in [0.5, 0.6) is 5.75 Å². The number of thiophene rings is 1. The first-order valence-corrected chi connectivity index (χ1v) is 9.14. The second kappa shape index (κ2) is 8.36. The number of benzene rings is 2. The van der Waals surface area contributed by atoms with Crippen LogP contribution in [0.4, 0.5) is 18.2 Å². The molecule has 0 unspecified atom stereocenters. The molecule has 0 bridgehead atoms. The zero-order valence-corrected chi connectivity index (χ0v) is 15.5. The van der Waals surface area contributed by atoms with Crippen molar-refractivity contribution in [2.24, 2.45) is 0 Å². The van der Waals surface area contributed by atoms with Gasteiger partial charge in [0.25, 0.3) is 5.91 Å². The number of ether oxygens (including phenoxy) is 1. The lowest BCUT2D eigenvalue weighted by molar-refractivity contribution is -0.274. The van der Waals surface area contributed by atoms with Crippen molar-refractivity contribution in [3.63, 3.8) is 0 Å². The van der Waals surface area contributed by atoms with Gasteiger partial charge in [-0.2, -0.15) is 0 Å². The molecule has 150 valence electrons. The molecule has 0 radical (unpaired) electrons. The number of carboxylic acids is 1. The topological polar surface area (TPSA) is 75.6 Å². The van der Waals surface area contributed by atoms with E-state index < -0.39 is 12.3 Å². The molecular formula is C20H14F3NO4S. The lowest BCUT2D eigenvalue weighted by Crippen LogP contribution is -2.16. The van der Waals surface area contributed by atoms with Gasteiger partial charge in [-0.3, -0.25) is 9.59 Å². The van der Waals surface area contributed by atoms with Crippen LogP contribution >= 0.6 is 11.3 Å². The summed E-state index contributed by atoms with van der Waals surface area (Å²) in [6.45, 7) is 0. The fourth-order valence-electron chi connectivity index (χ4n) is 2.53. The number of aliphatic carboxylic acids is 1. The van der Waals surface area contributed by atoms with Crippen LogP contribution in [0.3, 0.4) is 0 Å². The highest BCUT2D eigenvalue weighted by Gasteiger charge is 2.30. The third-order valence-corrected chi connectivity index (χ3v) is 4.67. The molecule has 0 saturated heterocycles. The number of hydrogen-bond acceptors (Lipinski definition) is 4. The average molecular weight is 421 g/mol. The van der Waals surface area contributed by atoms with Crippen molar-refractivity contribution >= 4 is 28.2 Å². The first kappa shape index (κ1) is 20.4. The Labute approximate surface area is 167 Å². The quantitative estimate of drug-likeness (QED) is 0.574. The molecule has 0 atom stereocenters. The molecule has 0 fully saturated rings. The summed E-state index contributed by atoms with van der Waals surface area (Å²) in [4.78, 5) is 23.0. The summed E-state index contributed by atoms with van der Waals surface area (Å²) >= 11 is 1.27. The third kappa shape index (κ3) is 5.82. The normalized spacial score (nSPS) is 11.1. The van der Waals surface area contributed by atoms with Crippen LogP contribution in [-0.2, 0) is 11.2 Å². The van der Waals surface area contributed by atoms with Gasteiger partial charge in [-0.05, 0) is 47.0 Å². The van der Waals surface area contributed by atoms with Gasteiger partial charge in [0.15, 0.2) is 0 Å². The Kier molecular flexibility index (Phi) is 5.88. The predicted molar refractivity (Wildman–Crippen MR) is 102 cm³/mol. The van der Waals surface area contributed by atoms with Crippen molar-refractivity contribution in [1.29, 1.82) is 0 Å². The number of amides is 1. The van der Waals surface area contributed by atoms with Crippen LogP contribution in [-0.4, -0.2) is 23.3 Å². The highest BCUT2D eigenvalue weighted by atomic mass is 32.1. The molecule has 2 aromatic carbocycles. The maximum absolute atomic E-state index is 12.3. The number of carbonyl (C=O) groups is 2. The van der Waals surface area contributed by atoms with Crippen LogP contribution < -0.4 is 10.1 Å². The largest absolute Gasteiger partial charge is 0.573 e. The maximum Gasteiger partial charge on any atom is 0.573 e. The van der Waals surface area contributed by atoms with Gasteiger partial charge in [-0.1, -0.05) is 24.3 Å². The Bertz CT molecular complexity index is 1010. The molecular weight excluding hydrogens is 407 g/mol. The molecule has 3 aromatic rings. The number of anilines is 1. The van der Waals surface area contributed by atoms with Gasteiger partial charge < -0.3 is 15.2 Å². The van der Waals surface area contributed by atoms with E-state index >= 15 is 0 Å². The Balaban J connectivity index is 1.65. The first-order valence-electron chi connectivity index (χ1n) is 8.26. The first-order chi connectivity index (χ1) is 13.7. The molecule has 3 rings (SSSR count). The Morgan fingerprint density at radius 1 is 1.00 bits per heavy atom. The highest BCUT2D eigenvalue weighted by Crippen LogP contribution is 2.31. The van der Waals surface area contributed by atoms with Crippen molar-refractivity contribution in [3.8, 4) is 16.9 Å². The second-order valence-corrected chi connectivity index (χ2v) is 6.90. The molecule has 0 saturated carbocycles. The molecule has 1 heterocycles. The predicted octanol–water partition coefficient (Wildman–Crippen LogP) is 5.19. The number of hydrogen-bond donors (Lipinski definition) is 2. The number of carbonyl (C=O) groups excluding carboxylic acids is 1. The van der Waals surface area contributed by atoms with Gasteiger partial charge in [0.05, 0.1) is 11.4 Å². The summed E-state index contributed by atoms with van der Waals surface area (Å²) < 4.78 is 40.5. The van der Waals surface area contributed by atoms with Crippen molar-refractivity contribution in [1.82, 2.24) is 0 Å². The van der Waals surface area contributed by atoms with E-state index in [0.717, 1.165) is 5.56 Å². The monoisotopic (exact) mass is 421 g/mol. The van der Waals surface area contributed by atoms with E-state index in [-0.39, 0.29) is 18.1 Å². The van der Waals surface area contributed by atoms with Crippen molar-refractivity contribution in [2.45, 2.75) is 12.8 Å². The fourth-order valence-corrected chi connectivity index (χ4v) is 3.34. The van der Waals surface area contributed by atoms with Crippen LogP contribution in [0.25, 0.3) is 11.1 Å². The lowest BCUT2D eigenvalue weighted by Gasteiger charge is -2.08. The lowest BCUT2D eigenvalue weighted by atomic mass is 10.1. The maximum atomic E-state index is 12.3. The van der Waals surface area contributed by atoms with E-state index in [1.165, 1.54) is 35.6 Å². The molecule has 1 amide bonds. The minimum Gasteiger partial charge on any atom is -0.481 e. The zero-order valence-electron chi connectivity index (χ0n) is 14.7. The standard InChI is InChI=1S/C20H14F3NO4S/c21-20(22,23)28-16-7-5-13(6-8-16)15-10-17(29-11-15)24-19(27)14-3-1-12(2-4-14)9-18(25)26/h1-8,10-11H,9H2,(H,24,27)(H,25,26). The number of alkyl halides is 3. The summed E-state index contributed by atoms with van der Waals surface area (Å²) in [5.74, 6) is -1.61. The van der Waals surface area contributed by atoms with Crippen LogP contribution in [0.2, 0.25) is 0 Å². The zero-order chi connectivity index (χ0) is 21.0. The highest BCUT2D eigenvalue weighted by molar-refractivity contribution is 7.14. The van der Waals surface area contributed by atoms with E-state index in [1.54, 1.807) is 35.7 Å². The molecule has 2 N–H and O–H groups in total. The fraction of sp³-hybridized carbons (Fsp3) is 0.100.